The average Bonchev–Trinajstić information content (AvgIpc) is 3.30. The number of amides is 2. The van der Waals surface area contributed by atoms with E-state index in [9.17, 15) is 18.4 Å². The average molecular weight is 409 g/mol. The van der Waals surface area contributed by atoms with E-state index in [1.807, 2.05) is 0 Å². The van der Waals surface area contributed by atoms with Crippen molar-refractivity contribution in [1.29, 1.82) is 0 Å². The van der Waals surface area contributed by atoms with Gasteiger partial charge in [0.15, 0.2) is 11.6 Å². The molecule has 2 amide bonds. The molecule has 2 aliphatic rings. The maximum absolute atomic E-state index is 13.8. The number of aromatic amines is 1. The fourth-order valence-electron chi connectivity index (χ4n) is 4.00. The van der Waals surface area contributed by atoms with Gasteiger partial charge >= 0.3 is 0 Å². The molecule has 0 radical (unpaired) electrons. The van der Waals surface area contributed by atoms with Crippen molar-refractivity contribution in [2.24, 2.45) is 0 Å². The Morgan fingerprint density at radius 3 is 2.60 bits per heavy atom. The highest BCUT2D eigenvalue weighted by Crippen LogP contribution is 2.34. The Hall–Kier alpha value is -3.55. The zero-order chi connectivity index (χ0) is 20.8. The Kier molecular flexibility index (Phi) is 4.34. The second-order valence-corrected chi connectivity index (χ2v) is 7.44. The monoisotopic (exact) mass is 409 g/mol. The van der Waals surface area contributed by atoms with Crippen LogP contribution in [-0.4, -0.2) is 39.8 Å². The standard InChI is InChI=1S/C22H17F2N3O3/c23-14-8-12-7-13(11-30-19(12)18(24)9-14)20-25-10-15(26-20)5-6-27-21(28)16-3-1-2-4-17(16)22(27)29/h1-4,8-10,13H,5-7,11H2,(H,25,26). The molecule has 0 fully saturated rings. The molecule has 1 aromatic heterocycles. The third kappa shape index (κ3) is 3.04. The van der Waals surface area contributed by atoms with Gasteiger partial charge in [-0.25, -0.2) is 13.8 Å². The Morgan fingerprint density at radius 1 is 1.13 bits per heavy atom. The SMILES string of the molecule is O=C1c2ccccc2C(=O)N1CCc1cnc(C2COc3c(F)cc(F)cc3C2)[nH]1. The number of nitrogens with zero attached hydrogens (tertiary/aromatic N) is 2. The number of rotatable bonds is 4. The summed E-state index contributed by atoms with van der Waals surface area (Å²) in [4.78, 5) is 33.7. The summed E-state index contributed by atoms with van der Waals surface area (Å²) in [5.74, 6) is -1.38. The number of benzene rings is 2. The molecule has 6 nitrogen and oxygen atoms in total. The van der Waals surface area contributed by atoms with Crippen LogP contribution in [0, 0.1) is 11.6 Å². The molecule has 0 saturated heterocycles. The maximum atomic E-state index is 13.8. The highest BCUT2D eigenvalue weighted by Gasteiger charge is 2.34. The van der Waals surface area contributed by atoms with Crippen molar-refractivity contribution >= 4 is 11.8 Å². The summed E-state index contributed by atoms with van der Waals surface area (Å²) in [6, 6.07) is 8.85. The fourth-order valence-corrected chi connectivity index (χ4v) is 4.00. The Labute approximate surface area is 170 Å². The third-order valence-electron chi connectivity index (χ3n) is 5.50. The van der Waals surface area contributed by atoms with Gasteiger partial charge in [-0.05, 0) is 24.6 Å². The minimum atomic E-state index is -0.704. The van der Waals surface area contributed by atoms with E-state index in [-0.39, 0.29) is 36.6 Å². The molecule has 0 saturated carbocycles. The van der Waals surface area contributed by atoms with Gasteiger partial charge in [0.1, 0.15) is 11.6 Å². The number of H-pyrrole nitrogens is 1. The van der Waals surface area contributed by atoms with E-state index in [1.165, 1.54) is 11.0 Å². The summed E-state index contributed by atoms with van der Waals surface area (Å²) >= 11 is 0. The number of imide groups is 1. The van der Waals surface area contributed by atoms with E-state index < -0.39 is 11.6 Å². The van der Waals surface area contributed by atoms with Crippen LogP contribution in [0.3, 0.4) is 0 Å². The zero-order valence-electron chi connectivity index (χ0n) is 15.8. The second kappa shape index (κ2) is 7.05. The molecule has 0 spiro atoms. The number of hydrogen-bond donors (Lipinski definition) is 1. The van der Waals surface area contributed by atoms with Crippen molar-refractivity contribution < 1.29 is 23.1 Å². The summed E-state index contributed by atoms with van der Waals surface area (Å²) in [6.07, 6.45) is 2.47. The van der Waals surface area contributed by atoms with E-state index in [4.69, 9.17) is 4.74 Å². The second-order valence-electron chi connectivity index (χ2n) is 7.44. The zero-order valence-corrected chi connectivity index (χ0v) is 15.8. The minimum Gasteiger partial charge on any atom is -0.489 e. The van der Waals surface area contributed by atoms with Gasteiger partial charge in [-0.1, -0.05) is 12.1 Å². The molecule has 1 atom stereocenters. The third-order valence-corrected chi connectivity index (χ3v) is 5.50. The molecule has 8 heteroatoms. The van der Waals surface area contributed by atoms with Crippen LogP contribution in [0.15, 0.2) is 42.6 Å². The Bertz CT molecular complexity index is 1140. The predicted molar refractivity (Wildman–Crippen MR) is 102 cm³/mol. The van der Waals surface area contributed by atoms with Gasteiger partial charge in [0.25, 0.3) is 11.8 Å². The lowest BCUT2D eigenvalue weighted by atomic mass is 9.96. The first-order valence-electron chi connectivity index (χ1n) is 9.61. The van der Waals surface area contributed by atoms with Gasteiger partial charge in [-0.2, -0.15) is 0 Å². The van der Waals surface area contributed by atoms with Crippen molar-refractivity contribution in [1.82, 2.24) is 14.9 Å². The number of hydrogen-bond acceptors (Lipinski definition) is 4. The normalized spacial score (nSPS) is 17.7. The molecule has 152 valence electrons. The molecule has 30 heavy (non-hydrogen) atoms. The van der Waals surface area contributed by atoms with Crippen molar-refractivity contribution in [2.75, 3.05) is 13.2 Å². The predicted octanol–water partition coefficient (Wildman–Crippen LogP) is 3.25. The van der Waals surface area contributed by atoms with Crippen LogP contribution in [0.5, 0.6) is 5.75 Å². The largest absolute Gasteiger partial charge is 0.489 e. The van der Waals surface area contributed by atoms with E-state index in [0.717, 1.165) is 11.8 Å². The molecule has 1 N–H and O–H groups in total. The molecule has 1 unspecified atom stereocenters. The summed E-state index contributed by atoms with van der Waals surface area (Å²) < 4.78 is 32.8. The first-order valence-corrected chi connectivity index (χ1v) is 9.61. The molecule has 3 heterocycles. The van der Waals surface area contributed by atoms with E-state index >= 15 is 0 Å². The first-order chi connectivity index (χ1) is 14.5. The Morgan fingerprint density at radius 2 is 1.87 bits per heavy atom. The molecular formula is C22H17F2N3O3. The van der Waals surface area contributed by atoms with E-state index in [0.29, 0.717) is 35.4 Å². The number of halogens is 2. The van der Waals surface area contributed by atoms with Crippen molar-refractivity contribution in [3.8, 4) is 5.75 Å². The quantitative estimate of drug-likeness (QED) is 0.672. The van der Waals surface area contributed by atoms with Crippen molar-refractivity contribution in [2.45, 2.75) is 18.8 Å². The van der Waals surface area contributed by atoms with Crippen molar-refractivity contribution in [3.05, 3.63) is 82.4 Å². The number of imidazole rings is 1. The van der Waals surface area contributed by atoms with Gasteiger partial charge in [-0.15, -0.1) is 0 Å². The highest BCUT2D eigenvalue weighted by atomic mass is 19.1. The van der Waals surface area contributed by atoms with Crippen LogP contribution in [0.1, 0.15) is 43.7 Å². The highest BCUT2D eigenvalue weighted by molar-refractivity contribution is 6.21. The number of carbonyl (C=O) groups is 2. The lowest BCUT2D eigenvalue weighted by Gasteiger charge is -2.24. The van der Waals surface area contributed by atoms with Gasteiger partial charge < -0.3 is 9.72 Å². The summed E-state index contributed by atoms with van der Waals surface area (Å²) in [5, 5.41) is 0. The molecule has 0 aliphatic carbocycles. The number of carbonyl (C=O) groups excluding carboxylic acids is 2. The number of ether oxygens (including phenoxy) is 1. The number of nitrogens with one attached hydrogen (secondary N) is 1. The molecule has 2 aliphatic heterocycles. The van der Waals surface area contributed by atoms with Crippen LogP contribution in [0.4, 0.5) is 8.78 Å². The summed E-state index contributed by atoms with van der Waals surface area (Å²) in [6.45, 7) is 0.454. The Balaban J connectivity index is 1.27. The van der Waals surface area contributed by atoms with Gasteiger partial charge in [0, 0.05) is 36.5 Å². The minimum absolute atomic E-state index is 0.0880. The van der Waals surface area contributed by atoms with Gasteiger partial charge in [0.2, 0.25) is 0 Å². The maximum Gasteiger partial charge on any atom is 0.261 e. The first kappa shape index (κ1) is 18.5. The van der Waals surface area contributed by atoms with Crippen LogP contribution < -0.4 is 4.74 Å². The van der Waals surface area contributed by atoms with Gasteiger partial charge in [0.05, 0.1) is 23.7 Å². The summed E-state index contributed by atoms with van der Waals surface area (Å²) in [7, 11) is 0. The van der Waals surface area contributed by atoms with Crippen LogP contribution >= 0.6 is 0 Å². The van der Waals surface area contributed by atoms with E-state index in [1.54, 1.807) is 30.5 Å². The fraction of sp³-hybridized carbons (Fsp3) is 0.227. The van der Waals surface area contributed by atoms with Crippen LogP contribution in [0.25, 0.3) is 0 Å². The van der Waals surface area contributed by atoms with Crippen molar-refractivity contribution in [3.63, 3.8) is 0 Å². The van der Waals surface area contributed by atoms with Crippen LogP contribution in [0.2, 0.25) is 0 Å². The summed E-state index contributed by atoms with van der Waals surface area (Å²) in [5.41, 5.74) is 2.07. The van der Waals surface area contributed by atoms with Crippen LogP contribution in [-0.2, 0) is 12.8 Å². The topological polar surface area (TPSA) is 75.3 Å². The number of fused-ring (bicyclic) bond motifs is 2. The molecule has 0 bridgehead atoms. The molecular weight excluding hydrogens is 392 g/mol. The smallest absolute Gasteiger partial charge is 0.261 e. The van der Waals surface area contributed by atoms with Gasteiger partial charge in [-0.3, -0.25) is 14.5 Å². The molecule has 5 rings (SSSR count). The molecule has 2 aromatic carbocycles. The molecule has 3 aromatic rings. The lowest BCUT2D eigenvalue weighted by Crippen LogP contribution is -2.31. The number of aromatic nitrogens is 2. The lowest BCUT2D eigenvalue weighted by molar-refractivity contribution is 0.0656. The van der Waals surface area contributed by atoms with E-state index in [2.05, 4.69) is 9.97 Å².